The molecular weight excluding hydrogens is 553 g/mol. The maximum absolute atomic E-state index is 12.9. The van der Waals surface area contributed by atoms with Crippen LogP contribution in [0.15, 0.2) is 76.7 Å². The average Bonchev–Trinajstić information content (AvgIpc) is 3.22. The first kappa shape index (κ1) is 25.8. The molecule has 0 saturated heterocycles. The van der Waals surface area contributed by atoms with E-state index in [0.717, 1.165) is 5.56 Å². The summed E-state index contributed by atoms with van der Waals surface area (Å²) in [6.45, 7) is 0.234. The second-order valence-electron chi connectivity index (χ2n) is 7.69. The van der Waals surface area contributed by atoms with E-state index in [-0.39, 0.29) is 22.0 Å². The molecule has 0 aliphatic carbocycles. The molecule has 1 aromatic heterocycles. The van der Waals surface area contributed by atoms with Crippen molar-refractivity contribution in [3.8, 4) is 0 Å². The summed E-state index contributed by atoms with van der Waals surface area (Å²) in [4.78, 5) is 2.77. The van der Waals surface area contributed by atoms with Gasteiger partial charge in [0.2, 0.25) is 10.0 Å². The predicted molar refractivity (Wildman–Crippen MR) is 141 cm³/mol. The van der Waals surface area contributed by atoms with Gasteiger partial charge >= 0.3 is 0 Å². The van der Waals surface area contributed by atoms with Crippen LogP contribution in [0.5, 0.6) is 0 Å². The molecule has 0 aliphatic heterocycles. The van der Waals surface area contributed by atoms with Crippen molar-refractivity contribution in [2.75, 3.05) is 11.3 Å². The minimum Gasteiger partial charge on any atom is -0.358 e. The standard InChI is InChI=1S/C23H20Cl3N3O4S2/c24-16-5-3-15(4-6-16)2-1-13-28-34(30,31)17-7-9-18(10-8-17)35(32,33)29-21-12-11-19(25)22-20(26)14-27-23(21)22/h3-12,14,27-29H,1-2,13H2. The fourth-order valence-corrected chi connectivity index (χ4v) is 6.32. The number of halogens is 3. The largest absolute Gasteiger partial charge is 0.358 e. The zero-order valence-corrected chi connectivity index (χ0v) is 22.0. The highest BCUT2D eigenvalue weighted by Crippen LogP contribution is 2.35. The van der Waals surface area contributed by atoms with Gasteiger partial charge in [-0.05, 0) is 66.9 Å². The molecular formula is C23H20Cl3N3O4S2. The molecule has 184 valence electrons. The first-order valence-electron chi connectivity index (χ1n) is 10.4. The van der Waals surface area contributed by atoms with E-state index in [0.29, 0.717) is 38.8 Å². The molecule has 0 radical (unpaired) electrons. The molecule has 3 N–H and O–H groups in total. The number of fused-ring (bicyclic) bond motifs is 1. The van der Waals surface area contributed by atoms with Gasteiger partial charge in [0.1, 0.15) is 0 Å². The summed E-state index contributed by atoms with van der Waals surface area (Å²) in [5.41, 5.74) is 1.75. The highest BCUT2D eigenvalue weighted by atomic mass is 35.5. The number of aryl methyl sites for hydroxylation is 1. The fraction of sp³-hybridized carbons (Fsp3) is 0.130. The van der Waals surface area contributed by atoms with Crippen molar-refractivity contribution < 1.29 is 16.8 Å². The molecule has 0 atom stereocenters. The van der Waals surface area contributed by atoms with E-state index < -0.39 is 20.0 Å². The lowest BCUT2D eigenvalue weighted by molar-refractivity contribution is 0.578. The van der Waals surface area contributed by atoms with E-state index in [1.165, 1.54) is 42.6 Å². The third kappa shape index (κ3) is 5.94. The van der Waals surface area contributed by atoms with Crippen molar-refractivity contribution in [2.24, 2.45) is 0 Å². The topological polar surface area (TPSA) is 108 Å². The highest BCUT2D eigenvalue weighted by Gasteiger charge is 2.20. The van der Waals surface area contributed by atoms with Gasteiger partial charge < -0.3 is 4.98 Å². The van der Waals surface area contributed by atoms with Crippen molar-refractivity contribution in [2.45, 2.75) is 22.6 Å². The molecule has 0 saturated carbocycles. The molecule has 7 nitrogen and oxygen atoms in total. The Morgan fingerprint density at radius 1 is 0.743 bits per heavy atom. The van der Waals surface area contributed by atoms with Gasteiger partial charge in [-0.2, -0.15) is 0 Å². The molecule has 0 fully saturated rings. The number of hydrogen-bond acceptors (Lipinski definition) is 4. The number of aromatic amines is 1. The Kier molecular flexibility index (Phi) is 7.65. The zero-order chi connectivity index (χ0) is 25.2. The smallest absolute Gasteiger partial charge is 0.261 e. The number of anilines is 1. The van der Waals surface area contributed by atoms with Crippen molar-refractivity contribution in [1.82, 2.24) is 9.71 Å². The highest BCUT2D eigenvalue weighted by molar-refractivity contribution is 7.92. The fourth-order valence-electron chi connectivity index (χ4n) is 3.49. The number of benzene rings is 3. The van der Waals surface area contributed by atoms with E-state index in [1.807, 2.05) is 12.1 Å². The predicted octanol–water partition coefficient (Wildman–Crippen LogP) is 5.84. The van der Waals surface area contributed by atoms with E-state index >= 15 is 0 Å². The summed E-state index contributed by atoms with van der Waals surface area (Å²) in [6, 6.07) is 15.4. The molecule has 0 bridgehead atoms. The van der Waals surface area contributed by atoms with Gasteiger partial charge in [0.05, 0.1) is 31.0 Å². The minimum absolute atomic E-state index is 0.0343. The molecule has 1 heterocycles. The molecule has 0 spiro atoms. The Morgan fingerprint density at radius 2 is 1.37 bits per heavy atom. The van der Waals surface area contributed by atoms with Crippen LogP contribution in [0.3, 0.4) is 0 Å². The number of nitrogens with one attached hydrogen (secondary N) is 3. The molecule has 0 aliphatic rings. The van der Waals surface area contributed by atoms with Crippen LogP contribution in [0.25, 0.3) is 10.9 Å². The SMILES string of the molecule is O=S(=O)(NCCCc1ccc(Cl)cc1)c1ccc(S(=O)(=O)Nc2ccc(Cl)c3c(Cl)c[nH]c23)cc1. The Balaban J connectivity index is 1.42. The van der Waals surface area contributed by atoms with E-state index in [1.54, 1.807) is 12.1 Å². The second-order valence-corrected chi connectivity index (χ2v) is 12.4. The van der Waals surface area contributed by atoms with Gasteiger partial charge in [0, 0.05) is 23.2 Å². The summed E-state index contributed by atoms with van der Waals surface area (Å²) in [5, 5.41) is 1.88. The lowest BCUT2D eigenvalue weighted by Crippen LogP contribution is -2.25. The van der Waals surface area contributed by atoms with Gasteiger partial charge in [0.15, 0.2) is 0 Å². The van der Waals surface area contributed by atoms with Crippen LogP contribution in [0, 0.1) is 0 Å². The van der Waals surface area contributed by atoms with Crippen LogP contribution in [-0.4, -0.2) is 28.4 Å². The Hall–Kier alpha value is -2.27. The molecule has 3 aromatic carbocycles. The molecule has 4 aromatic rings. The number of aromatic nitrogens is 1. The first-order chi connectivity index (χ1) is 16.6. The maximum Gasteiger partial charge on any atom is 0.261 e. The number of H-pyrrole nitrogens is 1. The van der Waals surface area contributed by atoms with Crippen molar-refractivity contribution in [3.05, 3.63) is 87.5 Å². The van der Waals surface area contributed by atoms with Gasteiger partial charge in [-0.3, -0.25) is 4.72 Å². The number of hydrogen-bond donors (Lipinski definition) is 3. The molecule has 0 amide bonds. The lowest BCUT2D eigenvalue weighted by Gasteiger charge is -2.11. The monoisotopic (exact) mass is 571 g/mol. The summed E-state index contributed by atoms with van der Waals surface area (Å²) in [5.74, 6) is 0. The van der Waals surface area contributed by atoms with Crippen LogP contribution >= 0.6 is 34.8 Å². The van der Waals surface area contributed by atoms with Crippen molar-refractivity contribution in [1.29, 1.82) is 0 Å². The van der Waals surface area contributed by atoms with Crippen molar-refractivity contribution in [3.63, 3.8) is 0 Å². The summed E-state index contributed by atoms with van der Waals surface area (Å²) < 4.78 is 56.0. The van der Waals surface area contributed by atoms with Crippen LogP contribution < -0.4 is 9.44 Å². The second kappa shape index (κ2) is 10.4. The van der Waals surface area contributed by atoms with Gasteiger partial charge in [-0.1, -0.05) is 46.9 Å². The third-order valence-electron chi connectivity index (χ3n) is 5.27. The van der Waals surface area contributed by atoms with Crippen LogP contribution in [0.4, 0.5) is 5.69 Å². The minimum atomic E-state index is -4.01. The van der Waals surface area contributed by atoms with E-state index in [9.17, 15) is 16.8 Å². The Labute approximate surface area is 218 Å². The van der Waals surface area contributed by atoms with E-state index in [2.05, 4.69) is 14.4 Å². The Morgan fingerprint density at radius 3 is 2.03 bits per heavy atom. The van der Waals surface area contributed by atoms with Gasteiger partial charge in [-0.15, -0.1) is 0 Å². The van der Waals surface area contributed by atoms with E-state index in [4.69, 9.17) is 34.8 Å². The number of sulfonamides is 2. The van der Waals surface area contributed by atoms with Crippen molar-refractivity contribution >= 4 is 71.4 Å². The zero-order valence-electron chi connectivity index (χ0n) is 18.1. The average molecular weight is 573 g/mol. The summed E-state index contributed by atoms with van der Waals surface area (Å²) >= 11 is 18.1. The first-order valence-corrected chi connectivity index (χ1v) is 14.5. The molecule has 35 heavy (non-hydrogen) atoms. The molecule has 4 rings (SSSR count). The Bertz CT molecular complexity index is 1570. The summed E-state index contributed by atoms with van der Waals surface area (Å²) in [6.07, 6.45) is 2.79. The molecule has 12 heteroatoms. The van der Waals surface area contributed by atoms with Crippen LogP contribution in [0.2, 0.25) is 15.1 Å². The van der Waals surface area contributed by atoms with Gasteiger partial charge in [-0.25, -0.2) is 21.6 Å². The van der Waals surface area contributed by atoms with Gasteiger partial charge in [0.25, 0.3) is 10.0 Å². The lowest BCUT2D eigenvalue weighted by atomic mass is 10.1. The maximum atomic E-state index is 12.9. The molecule has 0 unspecified atom stereocenters. The van der Waals surface area contributed by atoms with Crippen LogP contribution in [0.1, 0.15) is 12.0 Å². The van der Waals surface area contributed by atoms with Crippen LogP contribution in [-0.2, 0) is 26.5 Å². The number of rotatable bonds is 9. The summed E-state index contributed by atoms with van der Waals surface area (Å²) in [7, 11) is -7.80. The third-order valence-corrected chi connectivity index (χ3v) is 9.00. The normalized spacial score (nSPS) is 12.2. The quantitative estimate of drug-likeness (QED) is 0.219.